The Morgan fingerprint density at radius 1 is 1.29 bits per heavy atom. The van der Waals surface area contributed by atoms with Gasteiger partial charge in [-0.3, -0.25) is 14.9 Å². The molecule has 0 aliphatic carbocycles. The second-order valence-corrected chi connectivity index (χ2v) is 5.41. The number of nitrogens with zero attached hydrogens (tertiary/aromatic N) is 5. The summed E-state index contributed by atoms with van der Waals surface area (Å²) in [5, 5.41) is 23.3. The summed E-state index contributed by atoms with van der Waals surface area (Å²) in [5.74, 6) is 0. The number of fused-ring (bicyclic) bond motifs is 1. The first kappa shape index (κ1) is 13.3. The molecular weight excluding hydrogens is 294 g/mol. The van der Waals surface area contributed by atoms with Crippen molar-refractivity contribution in [3.63, 3.8) is 0 Å². The van der Waals surface area contributed by atoms with Gasteiger partial charge in [-0.1, -0.05) is 23.5 Å². The highest BCUT2D eigenvalue weighted by atomic mass is 32.1. The van der Waals surface area contributed by atoms with Crippen molar-refractivity contribution < 1.29 is 4.92 Å². The lowest BCUT2D eigenvalue weighted by Crippen LogP contribution is -2.19. The average Bonchev–Trinajstić information content (AvgIpc) is 2.88. The Labute approximate surface area is 121 Å². The molecule has 0 amide bonds. The van der Waals surface area contributed by atoms with Crippen LogP contribution in [0.25, 0.3) is 15.5 Å². The molecule has 21 heavy (non-hydrogen) atoms. The van der Waals surface area contributed by atoms with Crippen LogP contribution in [-0.4, -0.2) is 24.7 Å². The van der Waals surface area contributed by atoms with E-state index in [2.05, 4.69) is 15.3 Å². The largest absolute Gasteiger partial charge is 0.296 e. The van der Waals surface area contributed by atoms with Crippen LogP contribution in [-0.2, 0) is 0 Å². The zero-order valence-electron chi connectivity index (χ0n) is 11.1. The molecule has 3 rings (SSSR count). The predicted octanol–water partition coefficient (Wildman–Crippen LogP) is 1.74. The van der Waals surface area contributed by atoms with E-state index in [1.165, 1.54) is 6.07 Å². The topological polar surface area (TPSA) is 103 Å². The number of hydrogen-bond donors (Lipinski definition) is 0. The maximum absolute atomic E-state index is 11.9. The van der Waals surface area contributed by atoms with Gasteiger partial charge in [0.1, 0.15) is 10.7 Å². The molecule has 0 unspecified atom stereocenters. The van der Waals surface area contributed by atoms with Crippen LogP contribution in [0.2, 0.25) is 0 Å². The van der Waals surface area contributed by atoms with Crippen molar-refractivity contribution in [2.45, 2.75) is 13.8 Å². The van der Waals surface area contributed by atoms with Crippen molar-refractivity contribution in [3.8, 4) is 10.6 Å². The van der Waals surface area contributed by atoms with E-state index in [4.69, 9.17) is 0 Å². The fourth-order valence-corrected chi connectivity index (χ4v) is 2.68. The number of rotatable bonds is 2. The maximum Gasteiger partial charge on any atom is 0.296 e. The van der Waals surface area contributed by atoms with Crippen molar-refractivity contribution >= 4 is 22.0 Å². The molecular formula is C12H9N5O3S. The molecule has 0 aliphatic heterocycles. The van der Waals surface area contributed by atoms with E-state index in [9.17, 15) is 14.9 Å². The van der Waals surface area contributed by atoms with Gasteiger partial charge in [0.25, 0.3) is 11.2 Å². The second-order valence-electron chi connectivity index (χ2n) is 4.45. The minimum Gasteiger partial charge on any atom is -0.265 e. The molecule has 2 heterocycles. The van der Waals surface area contributed by atoms with Crippen LogP contribution in [0.15, 0.2) is 23.0 Å². The Morgan fingerprint density at radius 2 is 2.05 bits per heavy atom. The van der Waals surface area contributed by atoms with E-state index in [0.29, 0.717) is 21.1 Å². The molecule has 9 heteroatoms. The lowest BCUT2D eigenvalue weighted by molar-refractivity contribution is -0.385. The van der Waals surface area contributed by atoms with E-state index in [-0.39, 0.29) is 16.9 Å². The van der Waals surface area contributed by atoms with Crippen LogP contribution in [0.1, 0.15) is 11.3 Å². The lowest BCUT2D eigenvalue weighted by Gasteiger charge is -1.99. The van der Waals surface area contributed by atoms with Gasteiger partial charge in [-0.15, -0.1) is 10.2 Å². The third-order valence-electron chi connectivity index (χ3n) is 3.00. The van der Waals surface area contributed by atoms with E-state index in [0.717, 1.165) is 15.9 Å². The van der Waals surface area contributed by atoms with Crippen LogP contribution in [0.5, 0.6) is 0 Å². The summed E-state index contributed by atoms with van der Waals surface area (Å²) in [6.07, 6.45) is 0. The van der Waals surface area contributed by atoms with Crippen molar-refractivity contribution in [1.82, 2.24) is 19.8 Å². The zero-order valence-corrected chi connectivity index (χ0v) is 11.9. The van der Waals surface area contributed by atoms with E-state index < -0.39 is 4.92 Å². The van der Waals surface area contributed by atoms with Crippen molar-refractivity contribution in [2.24, 2.45) is 0 Å². The zero-order chi connectivity index (χ0) is 15.1. The standard InChI is InChI=1S/C12H9N5O3S/c1-6-3-4-8(5-9(6)17(19)20)10-15-16-11(18)7(2)13-14-12(16)21-10/h3-5H,1-2H3. The summed E-state index contributed by atoms with van der Waals surface area (Å²) >= 11 is 1.16. The van der Waals surface area contributed by atoms with Crippen molar-refractivity contribution in [3.05, 3.63) is 49.9 Å². The maximum atomic E-state index is 11.9. The highest BCUT2D eigenvalue weighted by molar-refractivity contribution is 7.19. The van der Waals surface area contributed by atoms with Crippen LogP contribution >= 0.6 is 11.3 Å². The van der Waals surface area contributed by atoms with Gasteiger partial charge in [0, 0.05) is 17.2 Å². The molecule has 0 atom stereocenters. The van der Waals surface area contributed by atoms with Gasteiger partial charge in [-0.05, 0) is 13.8 Å². The minimum atomic E-state index is -0.442. The van der Waals surface area contributed by atoms with Crippen LogP contribution < -0.4 is 5.56 Å². The fraction of sp³-hybridized carbons (Fsp3) is 0.167. The highest BCUT2D eigenvalue weighted by Gasteiger charge is 2.16. The van der Waals surface area contributed by atoms with Gasteiger partial charge in [-0.2, -0.15) is 9.61 Å². The SMILES string of the molecule is Cc1ccc(-c2nn3c(=O)c(C)nnc3s2)cc1[N+](=O)[O-]. The average molecular weight is 303 g/mol. The molecule has 0 N–H and O–H groups in total. The quantitative estimate of drug-likeness (QED) is 0.527. The normalized spacial score (nSPS) is 11.0. The Bertz CT molecular complexity index is 930. The molecule has 106 valence electrons. The van der Waals surface area contributed by atoms with Crippen LogP contribution in [0, 0.1) is 24.0 Å². The minimum absolute atomic E-state index is 0.0152. The van der Waals surface area contributed by atoms with E-state index in [1.54, 1.807) is 26.0 Å². The smallest absolute Gasteiger partial charge is 0.265 e. The first-order chi connectivity index (χ1) is 9.97. The molecule has 3 aromatic rings. The number of nitro benzene ring substituents is 1. The number of benzene rings is 1. The van der Waals surface area contributed by atoms with E-state index >= 15 is 0 Å². The van der Waals surface area contributed by atoms with Crippen molar-refractivity contribution in [1.29, 1.82) is 0 Å². The van der Waals surface area contributed by atoms with Gasteiger partial charge in [0.15, 0.2) is 0 Å². The molecule has 0 radical (unpaired) electrons. The molecule has 0 saturated carbocycles. The number of aryl methyl sites for hydroxylation is 2. The first-order valence-corrected chi connectivity index (χ1v) is 6.77. The summed E-state index contributed by atoms with van der Waals surface area (Å²) < 4.78 is 1.16. The Hall–Kier alpha value is -2.68. The van der Waals surface area contributed by atoms with Crippen molar-refractivity contribution in [2.75, 3.05) is 0 Å². The highest BCUT2D eigenvalue weighted by Crippen LogP contribution is 2.29. The first-order valence-electron chi connectivity index (χ1n) is 5.96. The molecule has 0 bridgehead atoms. The summed E-state index contributed by atoms with van der Waals surface area (Å²) in [6, 6.07) is 4.82. The molecule has 0 spiro atoms. The predicted molar refractivity (Wildman–Crippen MR) is 76.5 cm³/mol. The third-order valence-corrected chi connectivity index (χ3v) is 3.95. The van der Waals surface area contributed by atoms with Gasteiger partial charge in [-0.25, -0.2) is 0 Å². The number of aromatic nitrogens is 4. The lowest BCUT2D eigenvalue weighted by atomic mass is 10.1. The van der Waals surface area contributed by atoms with Gasteiger partial charge in [0.2, 0.25) is 4.96 Å². The second kappa shape index (κ2) is 4.70. The third kappa shape index (κ3) is 2.17. The summed E-state index contributed by atoms with van der Waals surface area (Å²) in [4.78, 5) is 22.8. The van der Waals surface area contributed by atoms with Gasteiger partial charge < -0.3 is 0 Å². The number of nitro groups is 1. The van der Waals surface area contributed by atoms with Gasteiger partial charge in [0.05, 0.1) is 4.92 Å². The molecule has 0 aliphatic rings. The molecule has 0 fully saturated rings. The monoisotopic (exact) mass is 303 g/mol. The Kier molecular flexibility index (Phi) is 2.98. The Balaban J connectivity index is 2.21. The molecule has 0 saturated heterocycles. The molecule has 2 aromatic heterocycles. The number of hydrogen-bond acceptors (Lipinski definition) is 7. The van der Waals surface area contributed by atoms with E-state index in [1.807, 2.05) is 0 Å². The summed E-state index contributed by atoms with van der Waals surface area (Å²) in [5.41, 5.74) is 1.06. The van der Waals surface area contributed by atoms with Gasteiger partial charge >= 0.3 is 0 Å². The summed E-state index contributed by atoms with van der Waals surface area (Å²) in [7, 11) is 0. The molecule has 8 nitrogen and oxygen atoms in total. The fourth-order valence-electron chi connectivity index (χ4n) is 1.85. The molecule has 1 aromatic carbocycles. The Morgan fingerprint density at radius 3 is 2.76 bits per heavy atom. The van der Waals surface area contributed by atoms with Crippen LogP contribution in [0.3, 0.4) is 0 Å². The van der Waals surface area contributed by atoms with Crippen LogP contribution in [0.4, 0.5) is 5.69 Å². The summed E-state index contributed by atoms with van der Waals surface area (Å²) in [6.45, 7) is 3.22.